The normalized spacial score (nSPS) is 27.9. The van der Waals surface area contributed by atoms with Crippen LogP contribution in [0.25, 0.3) is 0 Å². The maximum absolute atomic E-state index is 12.5. The molecule has 0 aromatic heterocycles. The van der Waals surface area contributed by atoms with Crippen LogP contribution in [0, 0.1) is 17.8 Å². The predicted octanol–water partition coefficient (Wildman–Crippen LogP) is 2.92. The molecule has 112 valence electrons. The van der Waals surface area contributed by atoms with Crippen LogP contribution in [0.1, 0.15) is 31.2 Å². The molecule has 1 aromatic rings. The molecule has 5 nitrogen and oxygen atoms in total. The van der Waals surface area contributed by atoms with E-state index in [-0.39, 0.29) is 17.7 Å². The number of carbonyl (C=O) groups excluding carboxylic acids is 1. The average molecular weight is 352 g/mol. The summed E-state index contributed by atoms with van der Waals surface area (Å²) in [6.07, 6.45) is 4.60. The van der Waals surface area contributed by atoms with Crippen LogP contribution in [-0.4, -0.2) is 17.0 Å². The van der Waals surface area contributed by atoms with Crippen molar-refractivity contribution in [2.24, 2.45) is 28.6 Å². The van der Waals surface area contributed by atoms with Crippen LogP contribution in [0.3, 0.4) is 0 Å². The van der Waals surface area contributed by atoms with Gasteiger partial charge in [-0.05, 0) is 49.3 Å². The molecular weight excluding hydrogens is 334 g/mol. The molecule has 3 atom stereocenters. The molecule has 6 heteroatoms. The van der Waals surface area contributed by atoms with Crippen molar-refractivity contribution in [2.75, 3.05) is 5.32 Å². The Balaban J connectivity index is 1.81. The monoisotopic (exact) mass is 351 g/mol. The molecule has 0 saturated heterocycles. The molecule has 2 saturated carbocycles. The van der Waals surface area contributed by atoms with E-state index < -0.39 is 0 Å². The molecule has 1 amide bonds. The zero-order valence-electron chi connectivity index (χ0n) is 11.6. The van der Waals surface area contributed by atoms with Crippen molar-refractivity contribution in [2.45, 2.75) is 25.7 Å². The van der Waals surface area contributed by atoms with Crippen LogP contribution in [0.15, 0.2) is 27.8 Å². The molecule has 21 heavy (non-hydrogen) atoms. The second-order valence-corrected chi connectivity index (χ2v) is 6.86. The Morgan fingerprint density at radius 3 is 2.81 bits per heavy atom. The predicted molar refractivity (Wildman–Crippen MR) is 84.2 cm³/mol. The van der Waals surface area contributed by atoms with Gasteiger partial charge < -0.3 is 16.3 Å². The first-order valence-corrected chi connectivity index (χ1v) is 7.96. The molecule has 3 unspecified atom stereocenters. The van der Waals surface area contributed by atoms with Gasteiger partial charge in [-0.2, -0.15) is 0 Å². The zero-order chi connectivity index (χ0) is 15.0. The summed E-state index contributed by atoms with van der Waals surface area (Å²) in [5.41, 5.74) is 6.77. The molecule has 3 rings (SSSR count). The number of rotatable bonds is 3. The summed E-state index contributed by atoms with van der Waals surface area (Å²) < 4.78 is 0.834. The lowest BCUT2D eigenvalue weighted by Crippen LogP contribution is -2.28. The molecule has 2 bridgehead atoms. The van der Waals surface area contributed by atoms with E-state index in [1.807, 2.05) is 0 Å². The van der Waals surface area contributed by atoms with E-state index in [0.29, 0.717) is 17.2 Å². The number of hydrogen-bond donors (Lipinski definition) is 3. The van der Waals surface area contributed by atoms with Gasteiger partial charge in [0.25, 0.3) is 0 Å². The molecule has 2 fully saturated rings. The zero-order valence-corrected chi connectivity index (χ0v) is 13.1. The van der Waals surface area contributed by atoms with Crippen molar-refractivity contribution < 1.29 is 10.0 Å². The van der Waals surface area contributed by atoms with Gasteiger partial charge in [0.2, 0.25) is 5.91 Å². The van der Waals surface area contributed by atoms with Gasteiger partial charge in [0.05, 0.1) is 5.69 Å². The Morgan fingerprint density at radius 1 is 1.38 bits per heavy atom. The number of carbonyl (C=O) groups is 1. The summed E-state index contributed by atoms with van der Waals surface area (Å²) in [4.78, 5) is 12.5. The minimum Gasteiger partial charge on any atom is -0.409 e. The standard InChI is InChI=1S/C15H18BrN3O2/c16-10-3-4-11(14(17)19-21)13(7-10)18-15(20)12-6-8-1-2-9(12)5-8/h3-4,7-9,12,21H,1-2,5-6H2,(H2,17,19)(H,18,20). The highest BCUT2D eigenvalue weighted by Gasteiger charge is 2.43. The molecule has 2 aliphatic carbocycles. The van der Waals surface area contributed by atoms with E-state index in [4.69, 9.17) is 10.9 Å². The summed E-state index contributed by atoms with van der Waals surface area (Å²) in [5, 5.41) is 14.8. The highest BCUT2D eigenvalue weighted by molar-refractivity contribution is 9.10. The summed E-state index contributed by atoms with van der Waals surface area (Å²) >= 11 is 3.38. The van der Waals surface area contributed by atoms with E-state index in [1.165, 1.54) is 12.8 Å². The van der Waals surface area contributed by atoms with Gasteiger partial charge in [-0.3, -0.25) is 4.79 Å². The van der Waals surface area contributed by atoms with E-state index >= 15 is 0 Å². The minimum absolute atomic E-state index is 0.00857. The van der Waals surface area contributed by atoms with Gasteiger partial charge in [-0.15, -0.1) is 0 Å². The molecule has 0 radical (unpaired) electrons. The summed E-state index contributed by atoms with van der Waals surface area (Å²) in [5.74, 6) is 1.38. The van der Waals surface area contributed by atoms with Crippen molar-refractivity contribution in [3.05, 3.63) is 28.2 Å². The first kappa shape index (κ1) is 14.4. The van der Waals surface area contributed by atoms with Crippen LogP contribution < -0.4 is 11.1 Å². The van der Waals surface area contributed by atoms with Gasteiger partial charge >= 0.3 is 0 Å². The lowest BCUT2D eigenvalue weighted by molar-refractivity contribution is -0.121. The first-order chi connectivity index (χ1) is 10.1. The van der Waals surface area contributed by atoms with E-state index in [2.05, 4.69) is 26.4 Å². The van der Waals surface area contributed by atoms with Crippen molar-refractivity contribution in [1.29, 1.82) is 0 Å². The number of benzene rings is 1. The Kier molecular flexibility index (Phi) is 3.89. The Bertz CT molecular complexity index is 603. The van der Waals surface area contributed by atoms with Crippen LogP contribution in [0.5, 0.6) is 0 Å². The third-order valence-corrected chi connectivity index (χ3v) is 5.19. The van der Waals surface area contributed by atoms with E-state index in [9.17, 15) is 4.79 Å². The maximum Gasteiger partial charge on any atom is 0.227 e. The number of anilines is 1. The Hall–Kier alpha value is -1.56. The maximum atomic E-state index is 12.5. The van der Waals surface area contributed by atoms with Crippen LogP contribution in [0.2, 0.25) is 0 Å². The van der Waals surface area contributed by atoms with Crippen LogP contribution in [-0.2, 0) is 4.79 Å². The highest BCUT2D eigenvalue weighted by atomic mass is 79.9. The molecule has 0 heterocycles. The number of halogens is 1. The number of nitrogens with one attached hydrogen (secondary N) is 1. The molecule has 1 aromatic carbocycles. The van der Waals surface area contributed by atoms with Gasteiger partial charge in [-0.1, -0.05) is 27.5 Å². The number of amides is 1. The number of nitrogens with zero attached hydrogens (tertiary/aromatic N) is 1. The molecule has 0 aliphatic heterocycles. The minimum atomic E-state index is -0.00857. The third-order valence-electron chi connectivity index (χ3n) is 4.70. The SMILES string of the molecule is N/C(=N/O)c1ccc(Br)cc1NC(=O)C1CC2CCC1C2. The first-order valence-electron chi connectivity index (χ1n) is 7.16. The van der Waals surface area contributed by atoms with E-state index in [1.54, 1.807) is 18.2 Å². The fraction of sp³-hybridized carbons (Fsp3) is 0.467. The van der Waals surface area contributed by atoms with Crippen LogP contribution in [0.4, 0.5) is 5.69 Å². The van der Waals surface area contributed by atoms with Crippen LogP contribution >= 0.6 is 15.9 Å². The van der Waals surface area contributed by atoms with Crippen molar-refractivity contribution in [3.8, 4) is 0 Å². The highest BCUT2D eigenvalue weighted by Crippen LogP contribution is 2.48. The van der Waals surface area contributed by atoms with E-state index in [0.717, 1.165) is 23.2 Å². The molecule has 2 aliphatic rings. The quantitative estimate of drug-likeness (QED) is 0.338. The van der Waals surface area contributed by atoms with Crippen molar-refractivity contribution in [3.63, 3.8) is 0 Å². The van der Waals surface area contributed by atoms with Gasteiger partial charge in [0, 0.05) is 16.0 Å². The van der Waals surface area contributed by atoms with Crippen molar-refractivity contribution in [1.82, 2.24) is 0 Å². The lowest BCUT2D eigenvalue weighted by Gasteiger charge is -2.21. The molecular formula is C15H18BrN3O2. The molecule has 0 spiro atoms. The van der Waals surface area contributed by atoms with Crippen molar-refractivity contribution >= 4 is 33.4 Å². The Morgan fingerprint density at radius 2 is 2.19 bits per heavy atom. The number of hydrogen-bond acceptors (Lipinski definition) is 3. The number of amidine groups is 1. The summed E-state index contributed by atoms with van der Waals surface area (Å²) in [6.45, 7) is 0. The third kappa shape index (κ3) is 2.77. The number of nitrogens with two attached hydrogens (primary N) is 1. The van der Waals surface area contributed by atoms with Gasteiger partial charge in [0.15, 0.2) is 5.84 Å². The second kappa shape index (κ2) is 5.67. The van der Waals surface area contributed by atoms with Gasteiger partial charge in [-0.25, -0.2) is 0 Å². The number of oxime groups is 1. The van der Waals surface area contributed by atoms with Gasteiger partial charge in [0.1, 0.15) is 0 Å². The Labute approximate surface area is 131 Å². The smallest absolute Gasteiger partial charge is 0.227 e. The second-order valence-electron chi connectivity index (χ2n) is 5.95. The average Bonchev–Trinajstić information content (AvgIpc) is 3.09. The molecule has 4 N–H and O–H groups in total. The lowest BCUT2D eigenvalue weighted by atomic mass is 9.88. The topological polar surface area (TPSA) is 87.7 Å². The summed E-state index contributed by atoms with van der Waals surface area (Å²) in [6, 6.07) is 5.29. The summed E-state index contributed by atoms with van der Waals surface area (Å²) in [7, 11) is 0. The fourth-order valence-electron chi connectivity index (χ4n) is 3.69. The fourth-order valence-corrected chi connectivity index (χ4v) is 4.05. The number of fused-ring (bicyclic) bond motifs is 2. The largest absolute Gasteiger partial charge is 0.409 e.